The highest BCUT2D eigenvalue weighted by Gasteiger charge is 2.32. The van der Waals surface area contributed by atoms with Gasteiger partial charge < -0.3 is 9.84 Å². The topological polar surface area (TPSA) is 58.4 Å². The number of amides is 1. The number of nitrogens with one attached hydrogen (secondary N) is 1. The van der Waals surface area contributed by atoms with Crippen LogP contribution in [-0.2, 0) is 0 Å². The lowest BCUT2D eigenvalue weighted by Crippen LogP contribution is -2.40. The van der Waals surface area contributed by atoms with Crippen molar-refractivity contribution in [3.05, 3.63) is 17.5 Å². The Hall–Kier alpha value is -1.80. The quantitative estimate of drug-likeness (QED) is 0.849. The van der Waals surface area contributed by atoms with Crippen molar-refractivity contribution in [2.75, 3.05) is 13.1 Å². The van der Waals surface area contributed by atoms with E-state index in [1.54, 1.807) is 13.0 Å². The number of likely N-dealkylation sites (tertiary alicyclic amines) is 1. The van der Waals surface area contributed by atoms with Crippen LogP contribution in [0.3, 0.4) is 0 Å². The normalized spacial score (nSPS) is 22.6. The minimum atomic E-state index is -0.194. The Kier molecular flexibility index (Phi) is 4.46. The predicted molar refractivity (Wildman–Crippen MR) is 76.2 cm³/mol. The summed E-state index contributed by atoms with van der Waals surface area (Å²) in [4.78, 5) is 14.5. The zero-order chi connectivity index (χ0) is 14.7. The highest BCUT2D eigenvalue weighted by Crippen LogP contribution is 2.19. The molecule has 1 aromatic rings. The number of carbonyl (C=O) groups excluding carboxylic acids is 1. The van der Waals surface area contributed by atoms with Crippen molar-refractivity contribution in [3.63, 3.8) is 0 Å². The largest absolute Gasteiger partial charge is 0.347 e. The molecule has 2 atom stereocenters. The van der Waals surface area contributed by atoms with Gasteiger partial charge in [-0.15, -0.1) is 0 Å². The smallest absolute Gasteiger partial charge is 0.273 e. The second kappa shape index (κ2) is 6.10. The third kappa shape index (κ3) is 3.20. The van der Waals surface area contributed by atoms with Crippen LogP contribution in [-0.4, -0.2) is 41.1 Å². The average Bonchev–Trinajstić information content (AvgIpc) is 2.98. The summed E-state index contributed by atoms with van der Waals surface area (Å²) >= 11 is 0. The molecule has 0 aromatic carbocycles. The van der Waals surface area contributed by atoms with E-state index in [9.17, 15) is 4.79 Å². The molecular weight excluding hydrogens is 254 g/mol. The molecule has 2 heterocycles. The standard InChI is InChI=1S/C15H21N3O2/c1-5-6-12-7-13(17-20-12)15(19)16-14-9-18(10(2)3)8-11(14)4/h7,10-11,14H,8-9H2,1-4H3,(H,16,19)/t11-,14+/m1/s1. The second-order valence-corrected chi connectivity index (χ2v) is 5.56. The summed E-state index contributed by atoms with van der Waals surface area (Å²) in [7, 11) is 0. The summed E-state index contributed by atoms with van der Waals surface area (Å²) in [6.45, 7) is 10.1. The molecule has 108 valence electrons. The van der Waals surface area contributed by atoms with E-state index in [2.05, 4.69) is 48.0 Å². The molecule has 1 aliphatic heterocycles. The van der Waals surface area contributed by atoms with Gasteiger partial charge in [-0.05, 0) is 32.6 Å². The highest BCUT2D eigenvalue weighted by molar-refractivity contribution is 5.92. The zero-order valence-electron chi connectivity index (χ0n) is 12.4. The van der Waals surface area contributed by atoms with E-state index in [0.717, 1.165) is 13.1 Å². The van der Waals surface area contributed by atoms with Gasteiger partial charge in [-0.25, -0.2) is 0 Å². The number of aromatic nitrogens is 1. The molecule has 0 bridgehead atoms. The molecule has 0 unspecified atom stereocenters. The highest BCUT2D eigenvalue weighted by atomic mass is 16.5. The number of hydrogen-bond donors (Lipinski definition) is 1. The van der Waals surface area contributed by atoms with Crippen LogP contribution in [0.1, 0.15) is 43.9 Å². The van der Waals surface area contributed by atoms with Crippen molar-refractivity contribution in [3.8, 4) is 11.8 Å². The maximum Gasteiger partial charge on any atom is 0.273 e. The fourth-order valence-corrected chi connectivity index (χ4v) is 2.42. The van der Waals surface area contributed by atoms with Gasteiger partial charge in [-0.1, -0.05) is 18.0 Å². The van der Waals surface area contributed by atoms with Crippen LogP contribution in [0.25, 0.3) is 0 Å². The molecule has 0 saturated carbocycles. The van der Waals surface area contributed by atoms with E-state index in [1.165, 1.54) is 0 Å². The van der Waals surface area contributed by atoms with Gasteiger partial charge in [0.1, 0.15) is 0 Å². The summed E-state index contributed by atoms with van der Waals surface area (Å²) in [5, 5.41) is 6.79. The summed E-state index contributed by atoms with van der Waals surface area (Å²) < 4.78 is 4.98. The van der Waals surface area contributed by atoms with Crippen molar-refractivity contribution >= 4 is 5.91 Å². The number of nitrogens with zero attached hydrogens (tertiary/aromatic N) is 2. The Balaban J connectivity index is 1.98. The summed E-state index contributed by atoms with van der Waals surface area (Å²) in [6, 6.07) is 2.23. The molecule has 5 heteroatoms. The van der Waals surface area contributed by atoms with Gasteiger partial charge in [-0.3, -0.25) is 9.69 Å². The molecule has 0 radical (unpaired) electrons. The summed E-state index contributed by atoms with van der Waals surface area (Å²) in [5.41, 5.74) is 0.290. The molecule has 1 saturated heterocycles. The maximum absolute atomic E-state index is 12.1. The molecule has 1 amide bonds. The van der Waals surface area contributed by atoms with Crippen molar-refractivity contribution < 1.29 is 9.32 Å². The predicted octanol–water partition coefficient (Wildman–Crippen LogP) is 1.50. The van der Waals surface area contributed by atoms with Gasteiger partial charge in [0.2, 0.25) is 5.76 Å². The Morgan fingerprint density at radius 2 is 2.30 bits per heavy atom. The second-order valence-electron chi connectivity index (χ2n) is 5.56. The van der Waals surface area contributed by atoms with Gasteiger partial charge in [0.15, 0.2) is 5.69 Å². The SMILES string of the molecule is CC#Cc1cc(C(=O)N[C@H]2CN(C(C)C)C[C@H]2C)no1. The van der Waals surface area contributed by atoms with Crippen LogP contribution in [0, 0.1) is 17.8 Å². The third-order valence-electron chi connectivity index (χ3n) is 3.68. The molecule has 2 rings (SSSR count). The molecule has 0 aliphatic carbocycles. The molecular formula is C15H21N3O2. The van der Waals surface area contributed by atoms with Gasteiger partial charge >= 0.3 is 0 Å². The van der Waals surface area contributed by atoms with Gasteiger partial charge in [-0.2, -0.15) is 0 Å². The van der Waals surface area contributed by atoms with E-state index in [4.69, 9.17) is 4.52 Å². The van der Waals surface area contributed by atoms with Crippen LogP contribution < -0.4 is 5.32 Å². The molecule has 20 heavy (non-hydrogen) atoms. The van der Waals surface area contributed by atoms with E-state index in [-0.39, 0.29) is 17.6 Å². The van der Waals surface area contributed by atoms with E-state index in [0.29, 0.717) is 17.7 Å². The first-order valence-electron chi connectivity index (χ1n) is 6.95. The van der Waals surface area contributed by atoms with Crippen molar-refractivity contribution in [1.29, 1.82) is 0 Å². The zero-order valence-corrected chi connectivity index (χ0v) is 12.4. The summed E-state index contributed by atoms with van der Waals surface area (Å²) in [6.07, 6.45) is 0. The lowest BCUT2D eigenvalue weighted by molar-refractivity contribution is 0.0921. The van der Waals surface area contributed by atoms with Crippen LogP contribution in [0.5, 0.6) is 0 Å². The third-order valence-corrected chi connectivity index (χ3v) is 3.68. The minimum absolute atomic E-state index is 0.155. The van der Waals surface area contributed by atoms with Crippen LogP contribution in [0.15, 0.2) is 10.6 Å². The maximum atomic E-state index is 12.1. The van der Waals surface area contributed by atoms with Gasteiger partial charge in [0.25, 0.3) is 5.91 Å². The first-order chi connectivity index (χ1) is 9.51. The monoisotopic (exact) mass is 275 g/mol. The molecule has 1 aromatic heterocycles. The number of carbonyl (C=O) groups is 1. The molecule has 1 N–H and O–H groups in total. The molecule has 5 nitrogen and oxygen atoms in total. The average molecular weight is 275 g/mol. The van der Waals surface area contributed by atoms with Crippen LogP contribution >= 0.6 is 0 Å². The van der Waals surface area contributed by atoms with E-state index in [1.807, 2.05) is 0 Å². The van der Waals surface area contributed by atoms with Crippen molar-refractivity contribution in [2.24, 2.45) is 5.92 Å². The molecule has 1 fully saturated rings. The minimum Gasteiger partial charge on any atom is -0.347 e. The number of hydrogen-bond acceptors (Lipinski definition) is 4. The lowest BCUT2D eigenvalue weighted by Gasteiger charge is -2.20. The van der Waals surface area contributed by atoms with Crippen LogP contribution in [0.2, 0.25) is 0 Å². The van der Waals surface area contributed by atoms with Gasteiger partial charge in [0.05, 0.1) is 0 Å². The Bertz CT molecular complexity index is 539. The van der Waals surface area contributed by atoms with Crippen molar-refractivity contribution in [2.45, 2.75) is 39.8 Å². The fourth-order valence-electron chi connectivity index (χ4n) is 2.42. The van der Waals surface area contributed by atoms with Crippen LogP contribution in [0.4, 0.5) is 0 Å². The molecule has 1 aliphatic rings. The van der Waals surface area contributed by atoms with Crippen molar-refractivity contribution in [1.82, 2.24) is 15.4 Å². The number of rotatable bonds is 3. The Morgan fingerprint density at radius 1 is 1.55 bits per heavy atom. The lowest BCUT2D eigenvalue weighted by atomic mass is 10.1. The Labute approximate surface area is 119 Å². The first-order valence-corrected chi connectivity index (χ1v) is 6.95. The van der Waals surface area contributed by atoms with E-state index >= 15 is 0 Å². The van der Waals surface area contributed by atoms with Gasteiger partial charge in [0, 0.05) is 31.2 Å². The fraction of sp³-hybridized carbons (Fsp3) is 0.600. The van der Waals surface area contributed by atoms with E-state index < -0.39 is 0 Å². The first kappa shape index (κ1) is 14.6. The molecule has 0 spiro atoms. The Morgan fingerprint density at radius 3 is 2.90 bits per heavy atom. The summed E-state index contributed by atoms with van der Waals surface area (Å²) in [5.74, 6) is 6.11.